The fourth-order valence-electron chi connectivity index (χ4n) is 3.67. The molecule has 1 fully saturated rings. The molecule has 26 heavy (non-hydrogen) atoms. The highest BCUT2D eigenvalue weighted by molar-refractivity contribution is 5.78. The van der Waals surface area contributed by atoms with E-state index in [0.29, 0.717) is 30.5 Å². The molecule has 0 saturated heterocycles. The first kappa shape index (κ1) is 15.4. The summed E-state index contributed by atoms with van der Waals surface area (Å²) in [5.41, 5.74) is 8.38. The lowest BCUT2D eigenvalue weighted by atomic mass is 10.0. The monoisotopic (exact) mass is 352 g/mol. The van der Waals surface area contributed by atoms with Crippen molar-refractivity contribution in [2.24, 2.45) is 5.92 Å². The smallest absolute Gasteiger partial charge is 0.349 e. The predicted octanol–water partition coefficient (Wildman–Crippen LogP) is 1.18. The van der Waals surface area contributed by atoms with Crippen LogP contribution in [0.15, 0.2) is 29.2 Å². The van der Waals surface area contributed by atoms with Gasteiger partial charge in [-0.1, -0.05) is 0 Å². The Hall–Kier alpha value is -2.87. The average molecular weight is 352 g/mol. The molecule has 134 valence electrons. The second kappa shape index (κ2) is 5.84. The van der Waals surface area contributed by atoms with Gasteiger partial charge in [-0.25, -0.2) is 9.78 Å². The zero-order valence-electron chi connectivity index (χ0n) is 14.2. The van der Waals surface area contributed by atoms with Crippen LogP contribution in [0.25, 0.3) is 11.0 Å². The van der Waals surface area contributed by atoms with Crippen LogP contribution in [0, 0.1) is 5.92 Å². The topological polar surface area (TPSA) is 111 Å². The van der Waals surface area contributed by atoms with E-state index in [4.69, 9.17) is 10.5 Å². The maximum Gasteiger partial charge on any atom is 0.349 e. The SMILES string of the molecule is Nc1[nH]c(=O)nc2c1C(c1cc3cccnc3n1CC1CC1)NCCO2. The summed E-state index contributed by atoms with van der Waals surface area (Å²) in [6.07, 6.45) is 4.32. The summed E-state index contributed by atoms with van der Waals surface area (Å²) in [6, 6.07) is 5.93. The molecule has 5 rings (SSSR count). The van der Waals surface area contributed by atoms with Crippen molar-refractivity contribution in [2.75, 3.05) is 18.9 Å². The van der Waals surface area contributed by atoms with Crippen LogP contribution < -0.4 is 21.5 Å². The molecule has 4 heterocycles. The van der Waals surface area contributed by atoms with Gasteiger partial charge in [0.25, 0.3) is 0 Å². The molecule has 1 saturated carbocycles. The van der Waals surface area contributed by atoms with Gasteiger partial charge < -0.3 is 20.4 Å². The maximum absolute atomic E-state index is 11.7. The highest BCUT2D eigenvalue weighted by Gasteiger charge is 2.31. The molecule has 3 aromatic rings. The normalized spacial score (nSPS) is 19.8. The Kier molecular flexibility index (Phi) is 3.46. The van der Waals surface area contributed by atoms with Crippen molar-refractivity contribution in [3.05, 3.63) is 46.1 Å². The molecule has 4 N–H and O–H groups in total. The van der Waals surface area contributed by atoms with Gasteiger partial charge >= 0.3 is 5.69 Å². The van der Waals surface area contributed by atoms with E-state index < -0.39 is 5.69 Å². The molecule has 2 aliphatic rings. The lowest BCUT2D eigenvalue weighted by molar-refractivity contribution is 0.312. The van der Waals surface area contributed by atoms with E-state index in [0.717, 1.165) is 23.3 Å². The molecular weight excluding hydrogens is 332 g/mol. The molecule has 1 aliphatic carbocycles. The van der Waals surface area contributed by atoms with Crippen molar-refractivity contribution in [3.8, 4) is 5.88 Å². The minimum absolute atomic E-state index is 0.218. The minimum Gasteiger partial charge on any atom is -0.476 e. The predicted molar refractivity (Wildman–Crippen MR) is 97.1 cm³/mol. The van der Waals surface area contributed by atoms with Crippen LogP contribution in [0.3, 0.4) is 0 Å². The first-order chi connectivity index (χ1) is 12.7. The van der Waals surface area contributed by atoms with Crippen molar-refractivity contribution in [1.82, 2.24) is 24.8 Å². The van der Waals surface area contributed by atoms with E-state index in [9.17, 15) is 4.79 Å². The highest BCUT2D eigenvalue weighted by Crippen LogP contribution is 2.38. The summed E-state index contributed by atoms with van der Waals surface area (Å²) >= 11 is 0. The number of pyridine rings is 1. The van der Waals surface area contributed by atoms with Crippen LogP contribution in [-0.2, 0) is 6.54 Å². The number of nitrogens with zero attached hydrogens (tertiary/aromatic N) is 3. The van der Waals surface area contributed by atoms with Crippen LogP contribution in [0.1, 0.15) is 30.1 Å². The number of nitrogen functional groups attached to an aromatic ring is 1. The van der Waals surface area contributed by atoms with E-state index in [1.807, 2.05) is 12.3 Å². The number of rotatable bonds is 3. The quantitative estimate of drug-likeness (QED) is 0.653. The van der Waals surface area contributed by atoms with E-state index >= 15 is 0 Å². The zero-order valence-corrected chi connectivity index (χ0v) is 14.2. The molecule has 8 heteroatoms. The molecule has 0 spiro atoms. The van der Waals surface area contributed by atoms with E-state index in [1.165, 1.54) is 12.8 Å². The standard InChI is InChI=1S/C18H20N6O2/c19-15-13-14(20-6-7-26-17(13)23-18(25)22-15)12-8-11-2-1-5-21-16(11)24(12)9-10-3-4-10/h1-2,5,8,10,14,20H,3-4,6-7,9H2,(H3,19,22,23,25). The van der Waals surface area contributed by atoms with Crippen molar-refractivity contribution in [2.45, 2.75) is 25.4 Å². The molecule has 0 bridgehead atoms. The summed E-state index contributed by atoms with van der Waals surface area (Å²) in [5, 5.41) is 4.58. The molecule has 3 aromatic heterocycles. The molecule has 0 amide bonds. The molecule has 1 atom stereocenters. The maximum atomic E-state index is 11.7. The summed E-state index contributed by atoms with van der Waals surface area (Å²) in [4.78, 5) is 22.9. The van der Waals surface area contributed by atoms with Crippen LogP contribution in [0.5, 0.6) is 5.88 Å². The van der Waals surface area contributed by atoms with Crippen molar-refractivity contribution < 1.29 is 4.74 Å². The Morgan fingerprint density at radius 1 is 1.38 bits per heavy atom. The number of hydrogen-bond acceptors (Lipinski definition) is 6. The van der Waals surface area contributed by atoms with Crippen molar-refractivity contribution >= 4 is 16.9 Å². The summed E-state index contributed by atoms with van der Waals surface area (Å²) in [7, 11) is 0. The largest absolute Gasteiger partial charge is 0.476 e. The van der Waals surface area contributed by atoms with Gasteiger partial charge in [-0.3, -0.25) is 4.98 Å². The van der Waals surface area contributed by atoms with Gasteiger partial charge in [0.15, 0.2) is 0 Å². The van der Waals surface area contributed by atoms with Gasteiger partial charge in [-0.15, -0.1) is 0 Å². The zero-order chi connectivity index (χ0) is 17.7. The number of nitrogens with one attached hydrogen (secondary N) is 2. The van der Waals surface area contributed by atoms with Crippen LogP contribution >= 0.6 is 0 Å². The Morgan fingerprint density at radius 2 is 2.27 bits per heavy atom. The third kappa shape index (κ3) is 2.53. The second-order valence-electron chi connectivity index (χ2n) is 6.95. The number of ether oxygens (including phenoxy) is 1. The summed E-state index contributed by atoms with van der Waals surface area (Å²) in [6.45, 7) is 1.99. The van der Waals surface area contributed by atoms with Crippen molar-refractivity contribution in [1.29, 1.82) is 0 Å². The minimum atomic E-state index is -0.498. The second-order valence-corrected chi connectivity index (χ2v) is 6.95. The molecule has 8 nitrogen and oxygen atoms in total. The number of aromatic amines is 1. The van der Waals surface area contributed by atoms with E-state index in [1.54, 1.807) is 0 Å². The lowest BCUT2D eigenvalue weighted by Gasteiger charge is -2.21. The van der Waals surface area contributed by atoms with Gasteiger partial charge in [0.05, 0.1) is 11.6 Å². The Morgan fingerprint density at radius 3 is 3.12 bits per heavy atom. The highest BCUT2D eigenvalue weighted by atomic mass is 16.5. The van der Waals surface area contributed by atoms with Gasteiger partial charge in [-0.2, -0.15) is 4.98 Å². The number of aromatic nitrogens is 4. The van der Waals surface area contributed by atoms with Gasteiger partial charge in [-0.05, 0) is 37.0 Å². The molecule has 0 aromatic carbocycles. The van der Waals surface area contributed by atoms with Gasteiger partial charge in [0.1, 0.15) is 18.1 Å². The van der Waals surface area contributed by atoms with Gasteiger partial charge in [0.2, 0.25) is 5.88 Å². The van der Waals surface area contributed by atoms with Crippen LogP contribution in [-0.4, -0.2) is 32.7 Å². The number of H-pyrrole nitrogens is 1. The summed E-state index contributed by atoms with van der Waals surface area (Å²) < 4.78 is 7.94. The molecule has 0 radical (unpaired) electrons. The van der Waals surface area contributed by atoms with Gasteiger partial charge in [0, 0.05) is 30.4 Å². The van der Waals surface area contributed by atoms with Crippen molar-refractivity contribution in [3.63, 3.8) is 0 Å². The Bertz CT molecular complexity index is 1040. The molecule has 1 unspecified atom stereocenters. The number of nitrogens with two attached hydrogens (primary N) is 1. The third-order valence-electron chi connectivity index (χ3n) is 5.06. The Labute approximate surface area is 149 Å². The first-order valence-electron chi connectivity index (χ1n) is 8.91. The number of hydrogen-bond donors (Lipinski definition) is 3. The fourth-order valence-corrected chi connectivity index (χ4v) is 3.67. The van der Waals surface area contributed by atoms with Crippen LogP contribution in [0.2, 0.25) is 0 Å². The van der Waals surface area contributed by atoms with E-state index in [2.05, 4.69) is 37.0 Å². The molecular formula is C18H20N6O2. The number of anilines is 1. The Balaban J connectivity index is 1.72. The number of fused-ring (bicyclic) bond motifs is 2. The fraction of sp³-hybridized carbons (Fsp3) is 0.389. The molecule has 1 aliphatic heterocycles. The van der Waals surface area contributed by atoms with Crippen LogP contribution in [0.4, 0.5) is 5.82 Å². The first-order valence-corrected chi connectivity index (χ1v) is 8.91. The third-order valence-corrected chi connectivity index (χ3v) is 5.06. The lowest BCUT2D eigenvalue weighted by Crippen LogP contribution is -2.27. The van der Waals surface area contributed by atoms with E-state index in [-0.39, 0.29) is 11.9 Å². The average Bonchev–Trinajstić information content (AvgIpc) is 3.39. The summed E-state index contributed by atoms with van der Waals surface area (Å²) in [5.74, 6) is 1.28.